The van der Waals surface area contributed by atoms with Gasteiger partial charge in [0, 0.05) is 23.9 Å². The lowest BCUT2D eigenvalue weighted by Gasteiger charge is -2.02. The second-order valence-electron chi connectivity index (χ2n) is 3.32. The number of nitrogens with zero attached hydrogens (tertiary/aromatic N) is 5. The molecule has 16 heavy (non-hydrogen) atoms. The lowest BCUT2D eigenvalue weighted by Crippen LogP contribution is -1.95. The second-order valence-corrected chi connectivity index (χ2v) is 3.32. The average molecular weight is 213 g/mol. The lowest BCUT2D eigenvalue weighted by molar-refractivity contribution is 0.877. The highest BCUT2D eigenvalue weighted by Crippen LogP contribution is 2.09. The second kappa shape index (κ2) is 5.00. The number of rotatable bonds is 4. The third-order valence-electron chi connectivity index (χ3n) is 2.27. The molecule has 0 N–H and O–H groups in total. The van der Waals surface area contributed by atoms with E-state index in [0.29, 0.717) is 6.54 Å². The van der Waals surface area contributed by atoms with E-state index in [2.05, 4.69) is 15.1 Å². The summed E-state index contributed by atoms with van der Waals surface area (Å²) in [5.74, 6) is 0. The lowest BCUT2D eigenvalue weighted by atomic mass is 10.1. The normalized spacial score (nSPS) is 9.75. The summed E-state index contributed by atoms with van der Waals surface area (Å²) in [6.45, 7) is 0.498. The summed E-state index contributed by atoms with van der Waals surface area (Å²) in [5.41, 5.74) is 10.3. The number of aromatic nitrogens is 2. The third-order valence-corrected chi connectivity index (χ3v) is 2.27. The van der Waals surface area contributed by atoms with E-state index < -0.39 is 0 Å². The van der Waals surface area contributed by atoms with Crippen molar-refractivity contribution < 1.29 is 0 Å². The molecule has 1 aromatic carbocycles. The quantitative estimate of drug-likeness (QED) is 0.437. The molecule has 0 spiro atoms. The molecule has 1 aromatic heterocycles. The number of azide groups is 1. The maximum absolute atomic E-state index is 8.16. The molecule has 5 heteroatoms. The summed E-state index contributed by atoms with van der Waals surface area (Å²) < 4.78 is 1.80. The van der Waals surface area contributed by atoms with Crippen molar-refractivity contribution in [3.63, 3.8) is 0 Å². The molecule has 0 aliphatic heterocycles. The molecule has 2 aromatic rings. The first-order valence-corrected chi connectivity index (χ1v) is 5.00. The topological polar surface area (TPSA) is 66.6 Å². The van der Waals surface area contributed by atoms with E-state index in [1.54, 1.807) is 10.9 Å². The van der Waals surface area contributed by atoms with E-state index in [0.717, 1.165) is 17.7 Å². The number of hydrogen-bond acceptors (Lipinski definition) is 2. The predicted octanol–water partition coefficient (Wildman–Crippen LogP) is 2.73. The Hall–Kier alpha value is -2.26. The summed E-state index contributed by atoms with van der Waals surface area (Å²) in [7, 11) is 0. The van der Waals surface area contributed by atoms with Crippen LogP contribution in [-0.4, -0.2) is 16.3 Å². The van der Waals surface area contributed by atoms with Crippen molar-refractivity contribution in [2.45, 2.75) is 6.42 Å². The Labute approximate surface area is 93.0 Å². The monoisotopic (exact) mass is 213 g/mol. The van der Waals surface area contributed by atoms with Crippen molar-refractivity contribution in [3.8, 4) is 5.69 Å². The molecule has 0 unspecified atom stereocenters. The fourth-order valence-electron chi connectivity index (χ4n) is 1.46. The minimum atomic E-state index is 0.498. The van der Waals surface area contributed by atoms with Crippen LogP contribution in [0, 0.1) is 0 Å². The number of hydrogen-bond donors (Lipinski definition) is 0. The van der Waals surface area contributed by atoms with Gasteiger partial charge in [-0.2, -0.15) is 5.10 Å². The van der Waals surface area contributed by atoms with E-state index in [1.165, 1.54) is 0 Å². The molecule has 5 nitrogen and oxygen atoms in total. The van der Waals surface area contributed by atoms with Gasteiger partial charge >= 0.3 is 0 Å². The van der Waals surface area contributed by atoms with Crippen LogP contribution in [0.4, 0.5) is 0 Å². The zero-order valence-electron chi connectivity index (χ0n) is 8.69. The highest BCUT2D eigenvalue weighted by Gasteiger charge is 1.96. The van der Waals surface area contributed by atoms with E-state index in [-0.39, 0.29) is 0 Å². The SMILES string of the molecule is [N-]=[N+]=NCCc1ccc(-n2cccn2)cc1. The fraction of sp³-hybridized carbons (Fsp3) is 0.182. The van der Waals surface area contributed by atoms with Gasteiger partial charge in [-0.05, 0) is 35.7 Å². The van der Waals surface area contributed by atoms with Crippen LogP contribution >= 0.6 is 0 Å². The molecule has 0 amide bonds. The molecular formula is C11H11N5. The van der Waals surface area contributed by atoms with Gasteiger partial charge in [0.2, 0.25) is 0 Å². The Bertz CT molecular complexity index is 480. The Morgan fingerprint density at radius 3 is 2.75 bits per heavy atom. The first kappa shape index (κ1) is 10.3. The van der Waals surface area contributed by atoms with Crippen LogP contribution in [0.5, 0.6) is 0 Å². The Kier molecular flexibility index (Phi) is 3.21. The molecular weight excluding hydrogens is 202 g/mol. The fourth-order valence-corrected chi connectivity index (χ4v) is 1.46. The van der Waals surface area contributed by atoms with Gasteiger partial charge in [-0.15, -0.1) is 0 Å². The molecule has 0 bridgehead atoms. The highest BCUT2D eigenvalue weighted by molar-refractivity contribution is 5.33. The van der Waals surface area contributed by atoms with Gasteiger partial charge in [0.25, 0.3) is 0 Å². The highest BCUT2D eigenvalue weighted by atomic mass is 15.3. The average Bonchev–Trinajstić information content (AvgIpc) is 2.84. The van der Waals surface area contributed by atoms with Gasteiger partial charge in [0.05, 0.1) is 5.69 Å². The minimum Gasteiger partial charge on any atom is -0.241 e. The van der Waals surface area contributed by atoms with E-state index in [4.69, 9.17) is 5.53 Å². The van der Waals surface area contributed by atoms with E-state index >= 15 is 0 Å². The van der Waals surface area contributed by atoms with Gasteiger partial charge in [-0.3, -0.25) is 0 Å². The zero-order chi connectivity index (χ0) is 11.2. The van der Waals surface area contributed by atoms with Crippen LogP contribution in [0.15, 0.2) is 47.8 Å². The first-order valence-electron chi connectivity index (χ1n) is 5.00. The van der Waals surface area contributed by atoms with Crippen LogP contribution in [0.3, 0.4) is 0 Å². The van der Waals surface area contributed by atoms with Crippen molar-refractivity contribution >= 4 is 0 Å². The van der Waals surface area contributed by atoms with Crippen molar-refractivity contribution in [1.82, 2.24) is 9.78 Å². The predicted molar refractivity (Wildman–Crippen MR) is 61.3 cm³/mol. The largest absolute Gasteiger partial charge is 0.241 e. The smallest absolute Gasteiger partial charge is 0.0645 e. The summed E-state index contributed by atoms with van der Waals surface area (Å²) in [5, 5.41) is 7.64. The first-order chi connectivity index (χ1) is 7.90. The van der Waals surface area contributed by atoms with Crippen LogP contribution in [0.2, 0.25) is 0 Å². The van der Waals surface area contributed by atoms with Crippen molar-refractivity contribution in [3.05, 3.63) is 58.7 Å². The third kappa shape index (κ3) is 2.40. The van der Waals surface area contributed by atoms with Crippen LogP contribution in [-0.2, 0) is 6.42 Å². The van der Waals surface area contributed by atoms with E-state index in [9.17, 15) is 0 Å². The molecule has 80 valence electrons. The molecule has 0 atom stereocenters. The molecule has 0 radical (unpaired) electrons. The van der Waals surface area contributed by atoms with Gasteiger partial charge in [0.15, 0.2) is 0 Å². The number of benzene rings is 1. The van der Waals surface area contributed by atoms with Crippen molar-refractivity contribution in [2.24, 2.45) is 5.11 Å². The molecule has 2 rings (SSSR count). The maximum Gasteiger partial charge on any atom is 0.0645 e. The molecule has 0 saturated carbocycles. The molecule has 0 aliphatic rings. The van der Waals surface area contributed by atoms with Crippen LogP contribution < -0.4 is 0 Å². The van der Waals surface area contributed by atoms with Crippen LogP contribution in [0.1, 0.15) is 5.56 Å². The van der Waals surface area contributed by atoms with Crippen molar-refractivity contribution in [1.29, 1.82) is 0 Å². The summed E-state index contributed by atoms with van der Waals surface area (Å²) in [4.78, 5) is 2.72. The Morgan fingerprint density at radius 2 is 2.12 bits per heavy atom. The molecule has 0 aliphatic carbocycles. The van der Waals surface area contributed by atoms with Gasteiger partial charge < -0.3 is 0 Å². The maximum atomic E-state index is 8.16. The van der Waals surface area contributed by atoms with E-state index in [1.807, 2.05) is 36.5 Å². The van der Waals surface area contributed by atoms with Gasteiger partial charge in [0.1, 0.15) is 0 Å². The van der Waals surface area contributed by atoms with Gasteiger partial charge in [-0.1, -0.05) is 17.2 Å². The molecule has 0 fully saturated rings. The Morgan fingerprint density at radius 1 is 1.31 bits per heavy atom. The summed E-state index contributed by atoms with van der Waals surface area (Å²) in [6.07, 6.45) is 4.41. The van der Waals surface area contributed by atoms with Gasteiger partial charge in [-0.25, -0.2) is 4.68 Å². The molecule has 1 heterocycles. The standard InChI is InChI=1S/C11H11N5/c12-15-13-8-6-10-2-4-11(5-3-10)16-9-1-7-14-16/h1-5,7,9H,6,8H2. The van der Waals surface area contributed by atoms with Crippen molar-refractivity contribution in [2.75, 3.05) is 6.54 Å². The van der Waals surface area contributed by atoms with Crippen LogP contribution in [0.25, 0.3) is 16.1 Å². The summed E-state index contributed by atoms with van der Waals surface area (Å²) in [6, 6.07) is 9.92. The zero-order valence-corrected chi connectivity index (χ0v) is 8.69. The summed E-state index contributed by atoms with van der Waals surface area (Å²) >= 11 is 0. The molecule has 0 saturated heterocycles. The minimum absolute atomic E-state index is 0.498. The Balaban J connectivity index is 2.07.